The topological polar surface area (TPSA) is 37.8 Å². The van der Waals surface area contributed by atoms with E-state index in [2.05, 4.69) is 29.1 Å². The van der Waals surface area contributed by atoms with Crippen LogP contribution in [0.15, 0.2) is 18.7 Å². The zero-order chi connectivity index (χ0) is 10.7. The molecule has 0 aliphatic heterocycles. The van der Waals surface area contributed by atoms with Crippen LogP contribution in [-0.2, 0) is 0 Å². The van der Waals surface area contributed by atoms with Crippen LogP contribution in [0, 0.1) is 5.41 Å². The zero-order valence-electron chi connectivity index (χ0n) is 9.53. The van der Waals surface area contributed by atoms with Crippen LogP contribution >= 0.6 is 0 Å². The van der Waals surface area contributed by atoms with Gasteiger partial charge in [-0.1, -0.05) is 20.3 Å². The molecule has 2 rings (SSSR count). The highest BCUT2D eigenvalue weighted by atomic mass is 15.0. The molecular formula is C12H19N3. The van der Waals surface area contributed by atoms with Gasteiger partial charge in [-0.3, -0.25) is 0 Å². The SMILES string of the molecule is CC1(C)CCCC(Nc2cncnc2)C1. The van der Waals surface area contributed by atoms with Gasteiger partial charge in [-0.05, 0) is 24.7 Å². The molecule has 3 heteroatoms. The van der Waals surface area contributed by atoms with Crippen LogP contribution in [0.25, 0.3) is 0 Å². The summed E-state index contributed by atoms with van der Waals surface area (Å²) in [5.41, 5.74) is 1.52. The summed E-state index contributed by atoms with van der Waals surface area (Å²) < 4.78 is 0. The third-order valence-corrected chi connectivity index (χ3v) is 3.14. The van der Waals surface area contributed by atoms with Gasteiger partial charge in [0.05, 0.1) is 18.1 Å². The lowest BCUT2D eigenvalue weighted by molar-refractivity contribution is 0.229. The molecular weight excluding hydrogens is 186 g/mol. The summed E-state index contributed by atoms with van der Waals surface area (Å²) in [5, 5.41) is 3.51. The summed E-state index contributed by atoms with van der Waals surface area (Å²) in [5.74, 6) is 0. The average Bonchev–Trinajstić information content (AvgIpc) is 2.17. The predicted molar refractivity (Wildman–Crippen MR) is 61.7 cm³/mol. The van der Waals surface area contributed by atoms with E-state index < -0.39 is 0 Å². The predicted octanol–water partition coefficient (Wildman–Crippen LogP) is 2.86. The maximum atomic E-state index is 4.01. The first kappa shape index (κ1) is 10.4. The molecule has 3 nitrogen and oxygen atoms in total. The van der Waals surface area contributed by atoms with Crippen LogP contribution in [0.5, 0.6) is 0 Å². The molecule has 15 heavy (non-hydrogen) atoms. The van der Waals surface area contributed by atoms with Crippen LogP contribution in [0.1, 0.15) is 39.5 Å². The van der Waals surface area contributed by atoms with E-state index in [0.29, 0.717) is 11.5 Å². The van der Waals surface area contributed by atoms with Crippen LogP contribution in [0.3, 0.4) is 0 Å². The van der Waals surface area contributed by atoms with Gasteiger partial charge in [-0.25, -0.2) is 9.97 Å². The smallest absolute Gasteiger partial charge is 0.115 e. The molecule has 1 saturated carbocycles. The van der Waals surface area contributed by atoms with Gasteiger partial charge in [-0.15, -0.1) is 0 Å². The number of rotatable bonds is 2. The van der Waals surface area contributed by atoms with E-state index in [4.69, 9.17) is 0 Å². The minimum absolute atomic E-state index is 0.478. The second kappa shape index (κ2) is 4.17. The Hall–Kier alpha value is -1.12. The summed E-state index contributed by atoms with van der Waals surface area (Å²) in [7, 11) is 0. The first-order valence-corrected chi connectivity index (χ1v) is 5.67. The lowest BCUT2D eigenvalue weighted by Gasteiger charge is -2.35. The van der Waals surface area contributed by atoms with Gasteiger partial charge >= 0.3 is 0 Å². The van der Waals surface area contributed by atoms with Gasteiger partial charge in [-0.2, -0.15) is 0 Å². The number of aromatic nitrogens is 2. The van der Waals surface area contributed by atoms with E-state index >= 15 is 0 Å². The summed E-state index contributed by atoms with van der Waals surface area (Å²) in [6.07, 6.45) is 10.4. The van der Waals surface area contributed by atoms with Gasteiger partial charge in [0.25, 0.3) is 0 Å². The molecule has 1 aliphatic carbocycles. The van der Waals surface area contributed by atoms with E-state index in [1.165, 1.54) is 25.7 Å². The molecule has 0 spiro atoms. The number of anilines is 1. The standard InChI is InChI=1S/C12H19N3/c1-12(2)5-3-4-10(6-12)15-11-7-13-9-14-8-11/h7-10,15H,3-6H2,1-2H3. The molecule has 1 unspecified atom stereocenters. The molecule has 1 aromatic heterocycles. The molecule has 1 atom stereocenters. The van der Waals surface area contributed by atoms with Crippen molar-refractivity contribution in [3.8, 4) is 0 Å². The number of hydrogen-bond acceptors (Lipinski definition) is 3. The van der Waals surface area contributed by atoms with Gasteiger partial charge < -0.3 is 5.32 Å². The quantitative estimate of drug-likeness (QED) is 0.806. The lowest BCUT2D eigenvalue weighted by atomic mass is 9.75. The Labute approximate surface area is 91.3 Å². The monoisotopic (exact) mass is 205 g/mol. The fourth-order valence-corrected chi connectivity index (χ4v) is 2.43. The van der Waals surface area contributed by atoms with Gasteiger partial charge in [0, 0.05) is 6.04 Å². The van der Waals surface area contributed by atoms with Crippen molar-refractivity contribution in [3.05, 3.63) is 18.7 Å². The van der Waals surface area contributed by atoms with Crippen molar-refractivity contribution in [2.24, 2.45) is 5.41 Å². The molecule has 1 aliphatic rings. The average molecular weight is 205 g/mol. The third kappa shape index (κ3) is 2.91. The summed E-state index contributed by atoms with van der Waals surface area (Å²) >= 11 is 0. The Morgan fingerprint density at radius 3 is 2.73 bits per heavy atom. The molecule has 0 radical (unpaired) electrons. The molecule has 1 fully saturated rings. The van der Waals surface area contributed by atoms with Crippen molar-refractivity contribution < 1.29 is 0 Å². The normalized spacial score (nSPS) is 24.8. The first-order valence-electron chi connectivity index (χ1n) is 5.67. The Morgan fingerprint density at radius 1 is 1.33 bits per heavy atom. The Kier molecular flexibility index (Phi) is 2.89. The molecule has 82 valence electrons. The van der Waals surface area contributed by atoms with Gasteiger partial charge in [0.15, 0.2) is 0 Å². The fourth-order valence-electron chi connectivity index (χ4n) is 2.43. The Bertz CT molecular complexity index is 308. The van der Waals surface area contributed by atoms with Crippen molar-refractivity contribution in [1.29, 1.82) is 0 Å². The molecule has 0 aromatic carbocycles. The summed E-state index contributed by atoms with van der Waals surface area (Å²) in [6.45, 7) is 4.70. The van der Waals surface area contributed by atoms with Crippen molar-refractivity contribution in [1.82, 2.24) is 9.97 Å². The highest BCUT2D eigenvalue weighted by molar-refractivity contribution is 5.38. The second-order valence-electron chi connectivity index (χ2n) is 5.23. The minimum atomic E-state index is 0.478. The van der Waals surface area contributed by atoms with Crippen molar-refractivity contribution in [2.75, 3.05) is 5.32 Å². The number of hydrogen-bond donors (Lipinski definition) is 1. The highest BCUT2D eigenvalue weighted by Crippen LogP contribution is 2.36. The molecule has 1 aromatic rings. The van der Waals surface area contributed by atoms with Gasteiger partial charge in [0.2, 0.25) is 0 Å². The van der Waals surface area contributed by atoms with Crippen LogP contribution in [0.2, 0.25) is 0 Å². The summed E-state index contributed by atoms with van der Waals surface area (Å²) in [6, 6.07) is 0.583. The molecule has 0 saturated heterocycles. The van der Waals surface area contributed by atoms with Crippen molar-refractivity contribution >= 4 is 5.69 Å². The van der Waals surface area contributed by atoms with E-state index in [0.717, 1.165) is 5.69 Å². The van der Waals surface area contributed by atoms with Crippen LogP contribution in [-0.4, -0.2) is 16.0 Å². The largest absolute Gasteiger partial charge is 0.380 e. The van der Waals surface area contributed by atoms with Crippen molar-refractivity contribution in [3.63, 3.8) is 0 Å². The second-order valence-corrected chi connectivity index (χ2v) is 5.23. The van der Waals surface area contributed by atoms with E-state index in [1.54, 1.807) is 6.33 Å². The summed E-state index contributed by atoms with van der Waals surface area (Å²) in [4.78, 5) is 8.03. The molecule has 0 bridgehead atoms. The number of nitrogens with one attached hydrogen (secondary N) is 1. The van der Waals surface area contributed by atoms with E-state index in [-0.39, 0.29) is 0 Å². The van der Waals surface area contributed by atoms with E-state index in [9.17, 15) is 0 Å². The Balaban J connectivity index is 1.95. The maximum Gasteiger partial charge on any atom is 0.115 e. The molecule has 1 heterocycles. The first-order chi connectivity index (χ1) is 7.16. The van der Waals surface area contributed by atoms with Crippen LogP contribution < -0.4 is 5.32 Å². The highest BCUT2D eigenvalue weighted by Gasteiger charge is 2.27. The fraction of sp³-hybridized carbons (Fsp3) is 0.667. The lowest BCUT2D eigenvalue weighted by Crippen LogP contribution is -2.31. The van der Waals surface area contributed by atoms with Crippen molar-refractivity contribution in [2.45, 2.75) is 45.6 Å². The molecule has 0 amide bonds. The number of nitrogens with zero attached hydrogens (tertiary/aromatic N) is 2. The third-order valence-electron chi connectivity index (χ3n) is 3.14. The van der Waals surface area contributed by atoms with E-state index in [1.807, 2.05) is 12.4 Å². The zero-order valence-corrected chi connectivity index (χ0v) is 9.53. The maximum absolute atomic E-state index is 4.01. The van der Waals surface area contributed by atoms with Crippen LogP contribution in [0.4, 0.5) is 5.69 Å². The van der Waals surface area contributed by atoms with Gasteiger partial charge in [0.1, 0.15) is 6.33 Å². The minimum Gasteiger partial charge on any atom is -0.380 e. The molecule has 1 N–H and O–H groups in total. The Morgan fingerprint density at radius 2 is 2.07 bits per heavy atom.